The minimum atomic E-state index is 0.845. The van der Waals surface area contributed by atoms with Crippen molar-refractivity contribution in [3.8, 4) is 0 Å². The van der Waals surface area contributed by atoms with Gasteiger partial charge in [-0.2, -0.15) is 0 Å². The van der Waals surface area contributed by atoms with E-state index >= 15 is 0 Å². The third-order valence-electron chi connectivity index (χ3n) is 3.57. The maximum Gasteiger partial charge on any atom is 0.0600 e. The quantitative estimate of drug-likeness (QED) is 0.845. The molecule has 0 aliphatic carbocycles. The zero-order valence-electron chi connectivity index (χ0n) is 12.0. The van der Waals surface area contributed by atoms with Gasteiger partial charge in [0.25, 0.3) is 0 Å². The van der Waals surface area contributed by atoms with Gasteiger partial charge in [0.15, 0.2) is 0 Å². The number of anilines is 2. The Labute approximate surface area is 115 Å². The first-order valence-electron chi connectivity index (χ1n) is 6.69. The number of benzene rings is 2. The molecule has 0 bridgehead atoms. The molecule has 0 aliphatic rings. The molecule has 0 amide bonds. The molecule has 2 heteroatoms. The molecule has 2 rings (SSSR count). The van der Waals surface area contributed by atoms with E-state index in [1.165, 1.54) is 16.7 Å². The average molecular weight is 254 g/mol. The van der Waals surface area contributed by atoms with Crippen LogP contribution in [0.1, 0.15) is 16.7 Å². The highest BCUT2D eigenvalue weighted by Gasteiger charge is 2.06. The van der Waals surface area contributed by atoms with Crippen molar-refractivity contribution in [1.29, 1.82) is 0 Å². The number of likely N-dealkylation sites (N-methyl/N-ethyl adjacent to an activating group) is 1. The van der Waals surface area contributed by atoms with Gasteiger partial charge in [-0.25, -0.2) is 0 Å². The first-order valence-corrected chi connectivity index (χ1v) is 6.69. The lowest BCUT2D eigenvalue weighted by atomic mass is 10.1. The molecule has 2 aromatic carbocycles. The van der Waals surface area contributed by atoms with Crippen molar-refractivity contribution in [3.05, 3.63) is 59.2 Å². The molecular weight excluding hydrogens is 232 g/mol. The lowest BCUT2D eigenvalue weighted by molar-refractivity contribution is 0.872. The van der Waals surface area contributed by atoms with Gasteiger partial charge in [-0.15, -0.1) is 0 Å². The molecule has 0 saturated carbocycles. The van der Waals surface area contributed by atoms with Gasteiger partial charge in [0.1, 0.15) is 0 Å². The van der Waals surface area contributed by atoms with Crippen molar-refractivity contribution in [3.63, 3.8) is 0 Å². The zero-order valence-corrected chi connectivity index (χ0v) is 12.0. The number of hydrogen-bond acceptors (Lipinski definition) is 2. The van der Waals surface area contributed by atoms with E-state index in [0.717, 1.165) is 24.3 Å². The van der Waals surface area contributed by atoms with Crippen molar-refractivity contribution < 1.29 is 0 Å². The normalized spacial score (nSPS) is 10.5. The topological polar surface area (TPSA) is 29.3 Å². The van der Waals surface area contributed by atoms with Gasteiger partial charge in [-0.3, -0.25) is 0 Å². The fourth-order valence-corrected chi connectivity index (χ4v) is 2.28. The third-order valence-corrected chi connectivity index (χ3v) is 3.57. The highest BCUT2D eigenvalue weighted by Crippen LogP contribution is 2.23. The van der Waals surface area contributed by atoms with Crippen LogP contribution in [0, 0.1) is 13.8 Å². The Kier molecular flexibility index (Phi) is 4.10. The Morgan fingerprint density at radius 3 is 2.53 bits per heavy atom. The molecule has 19 heavy (non-hydrogen) atoms. The molecule has 0 aliphatic heterocycles. The maximum atomic E-state index is 6.05. The van der Waals surface area contributed by atoms with Gasteiger partial charge in [0.05, 0.1) is 11.4 Å². The molecule has 0 saturated heterocycles. The molecule has 100 valence electrons. The fourth-order valence-electron chi connectivity index (χ4n) is 2.28. The maximum absolute atomic E-state index is 6.05. The summed E-state index contributed by atoms with van der Waals surface area (Å²) in [6, 6.07) is 14.7. The Bertz CT molecular complexity index is 561. The summed E-state index contributed by atoms with van der Waals surface area (Å²) in [5, 5.41) is 0. The summed E-state index contributed by atoms with van der Waals surface area (Å²) < 4.78 is 0. The molecule has 2 nitrogen and oxygen atoms in total. The number of nitrogen functional groups attached to an aromatic ring is 1. The van der Waals surface area contributed by atoms with Crippen LogP contribution in [0.4, 0.5) is 11.4 Å². The largest absolute Gasteiger partial charge is 0.397 e. The summed E-state index contributed by atoms with van der Waals surface area (Å²) in [5.41, 5.74) is 12.0. The second-order valence-electron chi connectivity index (χ2n) is 5.16. The summed E-state index contributed by atoms with van der Waals surface area (Å²) >= 11 is 0. The van der Waals surface area contributed by atoms with Gasteiger partial charge in [-0.05, 0) is 49.1 Å². The number of nitrogens with zero attached hydrogens (tertiary/aromatic N) is 1. The van der Waals surface area contributed by atoms with Crippen LogP contribution in [0.15, 0.2) is 42.5 Å². The van der Waals surface area contributed by atoms with Crippen molar-refractivity contribution in [2.24, 2.45) is 0 Å². The Morgan fingerprint density at radius 2 is 1.79 bits per heavy atom. The van der Waals surface area contributed by atoms with Crippen LogP contribution in [0.5, 0.6) is 0 Å². The second kappa shape index (κ2) is 5.79. The van der Waals surface area contributed by atoms with E-state index in [-0.39, 0.29) is 0 Å². The standard InChI is InChI=1S/C17H22N2/c1-13-8-9-16(18)17(12-13)19(3)11-10-15-7-5-4-6-14(15)2/h4-9,12H,10-11,18H2,1-3H3. The molecule has 0 aromatic heterocycles. The molecule has 0 atom stereocenters. The zero-order chi connectivity index (χ0) is 13.8. The van der Waals surface area contributed by atoms with E-state index in [4.69, 9.17) is 5.73 Å². The Balaban J connectivity index is 2.07. The van der Waals surface area contributed by atoms with Gasteiger partial charge in [0, 0.05) is 13.6 Å². The van der Waals surface area contributed by atoms with Crippen LogP contribution < -0.4 is 10.6 Å². The van der Waals surface area contributed by atoms with Gasteiger partial charge in [0.2, 0.25) is 0 Å². The molecule has 2 aromatic rings. The number of rotatable bonds is 4. The highest BCUT2D eigenvalue weighted by atomic mass is 15.1. The summed E-state index contributed by atoms with van der Waals surface area (Å²) in [7, 11) is 2.10. The third kappa shape index (κ3) is 3.28. The van der Waals surface area contributed by atoms with Gasteiger partial charge in [-0.1, -0.05) is 30.3 Å². The van der Waals surface area contributed by atoms with E-state index < -0.39 is 0 Å². The minimum Gasteiger partial charge on any atom is -0.397 e. The summed E-state index contributed by atoms with van der Waals surface area (Å²) in [6.07, 6.45) is 1.04. The van der Waals surface area contributed by atoms with Crippen LogP contribution in [-0.4, -0.2) is 13.6 Å². The Hall–Kier alpha value is -1.96. The second-order valence-corrected chi connectivity index (χ2v) is 5.16. The fraction of sp³-hybridized carbons (Fsp3) is 0.294. The highest BCUT2D eigenvalue weighted by molar-refractivity contribution is 5.68. The van der Waals surface area contributed by atoms with Crippen molar-refractivity contribution >= 4 is 11.4 Å². The minimum absolute atomic E-state index is 0.845. The monoisotopic (exact) mass is 254 g/mol. The van der Waals surface area contributed by atoms with Crippen LogP contribution >= 0.6 is 0 Å². The van der Waals surface area contributed by atoms with E-state index in [0.29, 0.717) is 0 Å². The van der Waals surface area contributed by atoms with Crippen LogP contribution in [-0.2, 0) is 6.42 Å². The first-order chi connectivity index (χ1) is 9.08. The van der Waals surface area contributed by atoms with Crippen molar-refractivity contribution in [2.75, 3.05) is 24.2 Å². The lowest BCUT2D eigenvalue weighted by Gasteiger charge is -2.22. The predicted molar refractivity (Wildman–Crippen MR) is 83.7 cm³/mol. The first kappa shape index (κ1) is 13.5. The molecule has 0 spiro atoms. The number of aryl methyl sites for hydroxylation is 2. The van der Waals surface area contributed by atoms with E-state index in [2.05, 4.69) is 56.1 Å². The van der Waals surface area contributed by atoms with Crippen LogP contribution in [0.25, 0.3) is 0 Å². The van der Waals surface area contributed by atoms with Crippen molar-refractivity contribution in [2.45, 2.75) is 20.3 Å². The number of nitrogens with two attached hydrogens (primary N) is 1. The SMILES string of the molecule is Cc1ccc(N)c(N(C)CCc2ccccc2C)c1. The summed E-state index contributed by atoms with van der Waals surface area (Å²) in [6.45, 7) is 5.23. The summed E-state index contributed by atoms with van der Waals surface area (Å²) in [5.74, 6) is 0. The molecule has 0 radical (unpaired) electrons. The molecular formula is C17H22N2. The van der Waals surface area contributed by atoms with Gasteiger partial charge >= 0.3 is 0 Å². The number of hydrogen-bond donors (Lipinski definition) is 1. The molecule has 0 fully saturated rings. The van der Waals surface area contributed by atoms with Crippen LogP contribution in [0.2, 0.25) is 0 Å². The van der Waals surface area contributed by atoms with E-state index in [9.17, 15) is 0 Å². The van der Waals surface area contributed by atoms with E-state index in [1.54, 1.807) is 0 Å². The molecule has 0 unspecified atom stereocenters. The predicted octanol–water partition coefficient (Wildman–Crippen LogP) is 3.56. The van der Waals surface area contributed by atoms with E-state index in [1.807, 2.05) is 12.1 Å². The Morgan fingerprint density at radius 1 is 1.05 bits per heavy atom. The molecule has 0 heterocycles. The average Bonchev–Trinajstić information content (AvgIpc) is 2.40. The summed E-state index contributed by atoms with van der Waals surface area (Å²) in [4.78, 5) is 2.23. The smallest absolute Gasteiger partial charge is 0.0600 e. The lowest BCUT2D eigenvalue weighted by Crippen LogP contribution is -2.21. The van der Waals surface area contributed by atoms with Crippen molar-refractivity contribution in [1.82, 2.24) is 0 Å². The van der Waals surface area contributed by atoms with Gasteiger partial charge < -0.3 is 10.6 Å². The molecule has 2 N–H and O–H groups in total. The van der Waals surface area contributed by atoms with Crippen LogP contribution in [0.3, 0.4) is 0 Å².